The monoisotopic (exact) mass is 426 g/mol. The number of piperazine rings is 1. The largest absolute Gasteiger partial charge is 0.508 e. The molecule has 1 N–H and O–H groups in total. The first-order valence-corrected chi connectivity index (χ1v) is 10.8. The number of phenolic OH excluding ortho intramolecular Hbond substituents is 1. The van der Waals surface area contributed by atoms with Gasteiger partial charge in [0.1, 0.15) is 5.75 Å². The van der Waals surface area contributed by atoms with Gasteiger partial charge in [0.2, 0.25) is 0 Å². The summed E-state index contributed by atoms with van der Waals surface area (Å²) in [5.74, 6) is 0.550. The van der Waals surface area contributed by atoms with Crippen molar-refractivity contribution in [2.45, 2.75) is 19.9 Å². The van der Waals surface area contributed by atoms with Gasteiger partial charge in [-0.15, -0.1) is 0 Å². The fourth-order valence-corrected chi connectivity index (χ4v) is 3.69. The molecule has 168 valence electrons. The van der Waals surface area contributed by atoms with Crippen LogP contribution in [-0.2, 0) is 0 Å². The molecule has 1 heterocycles. The van der Waals surface area contributed by atoms with Crippen LogP contribution in [0.1, 0.15) is 13.8 Å². The Kier molecular flexibility index (Phi) is 6.82. The highest BCUT2D eigenvalue weighted by molar-refractivity contribution is 5.91. The molecule has 0 aliphatic carbocycles. The van der Waals surface area contributed by atoms with Crippen molar-refractivity contribution in [3.63, 3.8) is 0 Å². The van der Waals surface area contributed by atoms with Crippen LogP contribution in [0, 0.1) is 0 Å². The zero-order valence-corrected chi connectivity index (χ0v) is 19.3. The van der Waals surface area contributed by atoms with Crippen LogP contribution in [0.3, 0.4) is 0 Å². The maximum absolute atomic E-state index is 12.8. The van der Waals surface area contributed by atoms with Crippen molar-refractivity contribution >= 4 is 23.1 Å². The molecule has 0 unspecified atom stereocenters. The zero-order valence-electron chi connectivity index (χ0n) is 20.3. The Bertz CT molecular complexity index is 867. The van der Waals surface area contributed by atoms with E-state index in [1.807, 2.05) is 57.5 Å². The van der Waals surface area contributed by atoms with Crippen molar-refractivity contribution in [1.29, 1.82) is 1.43 Å². The third-order valence-corrected chi connectivity index (χ3v) is 6.01. The van der Waals surface area contributed by atoms with E-state index in [0.29, 0.717) is 18.5 Å². The highest BCUT2D eigenvalue weighted by Gasteiger charge is 2.20. The minimum Gasteiger partial charge on any atom is -0.508 e. The van der Waals surface area contributed by atoms with E-state index in [4.69, 9.17) is 1.43 Å². The number of hydrogen-bond donors (Lipinski definition) is 1. The molecule has 0 aromatic heterocycles. The summed E-state index contributed by atoms with van der Waals surface area (Å²) in [5.41, 5.74) is 3.20. The van der Waals surface area contributed by atoms with Crippen LogP contribution in [0.5, 0.6) is 5.75 Å². The molecule has 0 radical (unpaired) electrons. The topological polar surface area (TPSA) is 53.5 Å². The van der Waals surface area contributed by atoms with Crippen LogP contribution < -0.4 is 14.7 Å². The molecule has 1 aliphatic heterocycles. The summed E-state index contributed by atoms with van der Waals surface area (Å²) in [5, 5.41) is 4.51. The lowest BCUT2D eigenvalue weighted by molar-refractivity contribution is 0.159. The molecule has 0 saturated carbocycles. The molecule has 0 atom stereocenters. The van der Waals surface area contributed by atoms with Gasteiger partial charge in [-0.05, 0) is 69.4 Å². The van der Waals surface area contributed by atoms with Crippen LogP contribution >= 0.6 is 0 Å². The fraction of sp³-hybridized carbons (Fsp3) is 0.458. The van der Waals surface area contributed by atoms with Crippen molar-refractivity contribution in [2.24, 2.45) is 0 Å². The first-order valence-electron chi connectivity index (χ1n) is 11.2. The van der Waals surface area contributed by atoms with Crippen molar-refractivity contribution < 1.29 is 9.90 Å². The molecule has 0 bridgehead atoms. The summed E-state index contributed by atoms with van der Waals surface area (Å²) in [4.78, 5) is 23.1. The van der Waals surface area contributed by atoms with Gasteiger partial charge < -0.3 is 19.8 Å². The number of amides is 2. The molecular formula is C24H35N5O2. The lowest BCUT2D eigenvalue weighted by atomic mass is 10.2. The van der Waals surface area contributed by atoms with Gasteiger partial charge in [0.15, 0.2) is 0 Å². The molecule has 7 heteroatoms. The second-order valence-corrected chi connectivity index (χ2v) is 8.52. The molecule has 0 spiro atoms. The maximum Gasteiger partial charge on any atom is 0.324 e. The van der Waals surface area contributed by atoms with Gasteiger partial charge in [-0.3, -0.25) is 9.80 Å². The lowest BCUT2D eigenvalue weighted by Crippen LogP contribution is -2.46. The molecular weight excluding hydrogens is 390 g/mol. The quantitative estimate of drug-likeness (QED) is 0.687. The molecule has 2 aromatic rings. The zero-order chi connectivity index (χ0) is 23.3. The van der Waals surface area contributed by atoms with E-state index < -0.39 is 0 Å². The number of phenols is 1. The Balaban J connectivity index is 1.55. The van der Waals surface area contributed by atoms with Crippen molar-refractivity contribution in [3.8, 4) is 5.75 Å². The second kappa shape index (κ2) is 9.92. The Morgan fingerprint density at radius 1 is 0.935 bits per heavy atom. The smallest absolute Gasteiger partial charge is 0.324 e. The molecule has 7 nitrogen and oxygen atoms in total. The summed E-state index contributed by atoms with van der Waals surface area (Å²) in [6.07, 6.45) is 0. The molecule has 1 fully saturated rings. The number of hydrogen-bond acceptors (Lipinski definition) is 5. The van der Waals surface area contributed by atoms with Gasteiger partial charge in [-0.25, -0.2) is 4.79 Å². The van der Waals surface area contributed by atoms with Gasteiger partial charge in [0, 0.05) is 63.4 Å². The third kappa shape index (κ3) is 5.61. The van der Waals surface area contributed by atoms with E-state index in [0.717, 1.165) is 37.6 Å². The average Bonchev–Trinajstić information content (AvgIpc) is 2.83. The van der Waals surface area contributed by atoms with Gasteiger partial charge in [-0.1, -0.05) is 0 Å². The first kappa shape index (κ1) is 21.3. The normalized spacial score (nSPS) is 14.6. The summed E-state index contributed by atoms with van der Waals surface area (Å²) < 4.78 is 6.96. The molecule has 3 rings (SSSR count). The van der Waals surface area contributed by atoms with Gasteiger partial charge >= 0.3 is 6.03 Å². The summed E-state index contributed by atoms with van der Waals surface area (Å²) in [6.45, 7) is 8.52. The molecule has 2 amide bonds. The molecule has 1 saturated heterocycles. The van der Waals surface area contributed by atoms with Crippen LogP contribution in [0.25, 0.3) is 0 Å². The number of anilines is 3. The Morgan fingerprint density at radius 3 is 1.87 bits per heavy atom. The molecule has 1 aliphatic rings. The van der Waals surface area contributed by atoms with Crippen molar-refractivity contribution in [2.75, 3.05) is 68.7 Å². The fourth-order valence-electron chi connectivity index (χ4n) is 3.69. The van der Waals surface area contributed by atoms with Crippen LogP contribution in [0.4, 0.5) is 21.9 Å². The van der Waals surface area contributed by atoms with Gasteiger partial charge in [0.05, 0.1) is 6.67 Å². The summed E-state index contributed by atoms with van der Waals surface area (Å²) in [7, 11) is 5.67. The highest BCUT2D eigenvalue weighted by Crippen LogP contribution is 2.24. The predicted molar refractivity (Wildman–Crippen MR) is 128 cm³/mol. The highest BCUT2D eigenvalue weighted by atomic mass is 16.3. The van der Waals surface area contributed by atoms with E-state index in [-0.39, 0.29) is 6.03 Å². The van der Waals surface area contributed by atoms with Crippen LogP contribution in [0.2, 0.25) is 0 Å². The van der Waals surface area contributed by atoms with E-state index in [1.165, 1.54) is 5.69 Å². The number of carbonyl (C=O) groups is 1. The van der Waals surface area contributed by atoms with E-state index in [9.17, 15) is 4.79 Å². The second-order valence-electron chi connectivity index (χ2n) is 8.52. The third-order valence-electron chi connectivity index (χ3n) is 6.01. The van der Waals surface area contributed by atoms with Gasteiger partial charge in [-0.2, -0.15) is 0 Å². The maximum atomic E-state index is 12.8. The number of benzene rings is 2. The van der Waals surface area contributed by atoms with Crippen LogP contribution in [0.15, 0.2) is 48.5 Å². The Morgan fingerprint density at radius 2 is 1.42 bits per heavy atom. The SMILES string of the molecule is [2H]Oc1ccc(N2CCN(c3ccc(N(C)C(=O)N(C)CN(C)C(C)C)cc3)CC2)cc1. The number of carbonyl (C=O) groups excluding carboxylic acids is 1. The van der Waals surface area contributed by atoms with Crippen LogP contribution in [-0.4, -0.2) is 82.4 Å². The minimum absolute atomic E-state index is 0.0271. The molecule has 2 aromatic carbocycles. The number of rotatable bonds is 7. The summed E-state index contributed by atoms with van der Waals surface area (Å²) >= 11 is 0. The number of nitrogens with zero attached hydrogens (tertiary/aromatic N) is 5. The van der Waals surface area contributed by atoms with Crippen molar-refractivity contribution in [1.82, 2.24) is 9.80 Å². The van der Waals surface area contributed by atoms with Gasteiger partial charge in [0.25, 0.3) is 1.43 Å². The van der Waals surface area contributed by atoms with E-state index in [2.05, 4.69) is 45.8 Å². The van der Waals surface area contributed by atoms with E-state index >= 15 is 0 Å². The van der Waals surface area contributed by atoms with E-state index in [1.54, 1.807) is 9.80 Å². The minimum atomic E-state index is -0.0271. The Labute approximate surface area is 187 Å². The standard InChI is InChI=1S/C24H35N5O2/c1-19(2)25(3)18-26(4)24(31)27(5)20-6-8-21(9-7-20)28-14-16-29(17-15-28)22-10-12-23(30)13-11-22/h6-13,19,30H,14-18H2,1-5H3/i/hD. The number of aromatic hydroxyl groups is 1. The predicted octanol–water partition coefficient (Wildman–Crippen LogP) is 3.50. The average molecular weight is 427 g/mol. The Hall–Kier alpha value is -2.93. The lowest BCUT2D eigenvalue weighted by Gasteiger charge is -2.37. The van der Waals surface area contributed by atoms with Crippen molar-refractivity contribution in [3.05, 3.63) is 48.5 Å². The first-order chi connectivity index (χ1) is 15.3. The molecule has 31 heavy (non-hydrogen) atoms. The number of urea groups is 1. The summed E-state index contributed by atoms with van der Waals surface area (Å²) in [6, 6.07) is 16.2.